The van der Waals surface area contributed by atoms with Gasteiger partial charge in [0, 0.05) is 12.4 Å². The molecule has 11 heteroatoms. The van der Waals surface area contributed by atoms with Crippen molar-refractivity contribution in [2.24, 2.45) is 20.4 Å². The number of para-hydroxylation sites is 2. The van der Waals surface area contributed by atoms with Crippen LogP contribution in [0, 0.1) is 0 Å². The molecule has 4 rings (SSSR count). The number of nitrogens with zero attached hydrogens (tertiary/aromatic N) is 6. The molecule has 2 aromatic carbocycles. The molecule has 0 bridgehead atoms. The Morgan fingerprint density at radius 2 is 0.973 bits per heavy atom. The Hall–Kier alpha value is -4.89. The van der Waals surface area contributed by atoms with Crippen LogP contribution < -0.4 is 0 Å². The van der Waals surface area contributed by atoms with Crippen LogP contribution in [-0.2, 0) is 16.5 Å². The summed E-state index contributed by atoms with van der Waals surface area (Å²) in [4.78, 5) is 8.07. The first-order chi connectivity index (χ1) is 17.5. The molecule has 188 valence electrons. The summed E-state index contributed by atoms with van der Waals surface area (Å²) in [5.41, 5.74) is 2.00. The van der Waals surface area contributed by atoms with E-state index in [2.05, 4.69) is 30.4 Å². The molecule has 4 aromatic rings. The minimum Gasteiger partial charge on any atom is -0.577 e. The van der Waals surface area contributed by atoms with Gasteiger partial charge in [-0.2, -0.15) is 0 Å². The average Bonchev–Trinajstić information content (AvgIpc) is 2.91. The van der Waals surface area contributed by atoms with Crippen LogP contribution in [-0.4, -0.2) is 54.6 Å². The molecule has 37 heavy (non-hydrogen) atoms. The van der Waals surface area contributed by atoms with Crippen LogP contribution in [0.15, 0.2) is 118 Å². The summed E-state index contributed by atoms with van der Waals surface area (Å²) < 4.78 is 0. The Kier molecular flexibility index (Phi) is 11.6. The van der Waals surface area contributed by atoms with Gasteiger partial charge in [-0.25, -0.2) is 0 Å². The van der Waals surface area contributed by atoms with Crippen LogP contribution in [0.1, 0.15) is 22.5 Å². The second-order valence-corrected chi connectivity index (χ2v) is 6.93. The van der Waals surface area contributed by atoms with Crippen molar-refractivity contribution in [3.63, 3.8) is 0 Å². The van der Waals surface area contributed by atoms with Crippen LogP contribution >= 0.6 is 0 Å². The van der Waals surface area contributed by atoms with Crippen LogP contribution in [0.3, 0.4) is 0 Å². The summed E-state index contributed by atoms with van der Waals surface area (Å²) in [5.74, 6) is -0.167. The number of phenolic OH excluding ortho intramolecular Hbond substituents is 2. The van der Waals surface area contributed by atoms with Crippen molar-refractivity contribution in [3.8, 4) is 11.5 Å². The number of aromatic hydroxyl groups is 2. The quantitative estimate of drug-likeness (QED) is 0.126. The molecule has 0 aliphatic carbocycles. The van der Waals surface area contributed by atoms with Gasteiger partial charge in [-0.05, 0) is 48.5 Å². The molecule has 10 nitrogen and oxygen atoms in total. The summed E-state index contributed by atoms with van der Waals surface area (Å²) in [6.45, 7) is 0. The van der Waals surface area contributed by atoms with E-state index < -0.39 is 0 Å². The Labute approximate surface area is 222 Å². The molecule has 0 amide bonds. The van der Waals surface area contributed by atoms with Gasteiger partial charge in [-0.1, -0.05) is 46.6 Å². The van der Waals surface area contributed by atoms with Gasteiger partial charge in [0.05, 0.1) is 23.8 Å². The van der Waals surface area contributed by atoms with Gasteiger partial charge in [0.2, 0.25) is 0 Å². The Bertz CT molecular complexity index is 1270. The van der Waals surface area contributed by atoms with E-state index in [-0.39, 0.29) is 39.8 Å². The van der Waals surface area contributed by atoms with Crippen LogP contribution in [0.25, 0.3) is 0 Å². The summed E-state index contributed by atoms with van der Waals surface area (Å²) in [7, 11) is 0. The topological polar surface area (TPSA) is 161 Å². The molecule has 0 aliphatic rings. The van der Waals surface area contributed by atoms with Crippen LogP contribution in [0.4, 0.5) is 0 Å². The minimum atomic E-state index is -0.0970. The molecule has 0 atom stereocenters. The molecule has 0 fully saturated rings. The zero-order chi connectivity index (χ0) is 25.6. The first kappa shape index (κ1) is 28.4. The maximum absolute atomic E-state index is 9.53. The van der Waals surface area contributed by atoms with Crippen molar-refractivity contribution >= 4 is 24.2 Å². The third kappa shape index (κ3) is 9.35. The first-order valence-electron chi connectivity index (χ1n) is 10.6. The van der Waals surface area contributed by atoms with E-state index in [9.17, 15) is 10.2 Å². The van der Waals surface area contributed by atoms with E-state index in [1.165, 1.54) is 24.6 Å². The molecule has 0 radical (unpaired) electrons. The van der Waals surface area contributed by atoms with Gasteiger partial charge >= 0.3 is 28.3 Å². The SMILES string of the molecule is Oc1ccccc1C([OH2+])=NN=Cc1ccccn1.Oc1ccccc1C([OH2+])=NN=Cc1ccccn1.[Ni+2]. The van der Waals surface area contributed by atoms with Gasteiger partial charge < -0.3 is 20.4 Å². The second kappa shape index (κ2) is 15.2. The Balaban J connectivity index is 0.000000253. The van der Waals surface area contributed by atoms with Crippen molar-refractivity contribution in [1.82, 2.24) is 9.97 Å². The van der Waals surface area contributed by atoms with Crippen LogP contribution in [0.2, 0.25) is 0 Å². The molecule has 2 aromatic heterocycles. The van der Waals surface area contributed by atoms with Gasteiger partial charge in [0.15, 0.2) is 0 Å². The maximum atomic E-state index is 9.53. The Morgan fingerprint density at radius 3 is 1.32 bits per heavy atom. The Morgan fingerprint density at radius 1 is 0.595 bits per heavy atom. The second-order valence-electron chi connectivity index (χ2n) is 6.93. The molecule has 2 heterocycles. The molecular weight excluding hydrogens is 519 g/mol. The zero-order valence-electron chi connectivity index (χ0n) is 19.3. The average molecular weight is 543 g/mol. The maximum Gasteiger partial charge on any atom is 2.00 e. The van der Waals surface area contributed by atoms with E-state index in [0.29, 0.717) is 22.5 Å². The molecule has 0 saturated carbocycles. The van der Waals surface area contributed by atoms with E-state index >= 15 is 0 Å². The fourth-order valence-electron chi connectivity index (χ4n) is 2.65. The third-order valence-corrected chi connectivity index (χ3v) is 4.39. The third-order valence-electron chi connectivity index (χ3n) is 4.39. The van der Waals surface area contributed by atoms with Crippen molar-refractivity contribution < 1.29 is 36.9 Å². The van der Waals surface area contributed by atoms with Crippen molar-refractivity contribution in [2.45, 2.75) is 0 Å². The number of benzene rings is 2. The van der Waals surface area contributed by atoms with Gasteiger partial charge in [-0.3, -0.25) is 9.97 Å². The van der Waals surface area contributed by atoms with E-state index in [0.717, 1.165) is 0 Å². The van der Waals surface area contributed by atoms with Crippen molar-refractivity contribution in [2.75, 3.05) is 0 Å². The van der Waals surface area contributed by atoms with E-state index in [1.54, 1.807) is 73.1 Å². The number of aromatic nitrogens is 2. The molecule has 0 saturated heterocycles. The van der Waals surface area contributed by atoms with Crippen molar-refractivity contribution in [3.05, 3.63) is 120 Å². The normalized spacial score (nSPS) is 11.6. The molecule has 0 unspecified atom stereocenters. The predicted octanol–water partition coefficient (Wildman–Crippen LogP) is 2.58. The zero-order valence-corrected chi connectivity index (χ0v) is 20.3. The summed E-state index contributed by atoms with van der Waals surface area (Å²) >= 11 is 0. The van der Waals surface area contributed by atoms with E-state index in [1.807, 2.05) is 12.1 Å². The molecular formula is C26H24N6NiO4+4. The monoisotopic (exact) mass is 542 g/mol. The summed E-state index contributed by atoms with van der Waals surface area (Å²) in [6, 6.07) is 23.9. The molecule has 0 aliphatic heterocycles. The number of hydrogen-bond donors (Lipinski definition) is 2. The smallest absolute Gasteiger partial charge is 0.577 e. The van der Waals surface area contributed by atoms with Gasteiger partial charge in [-0.15, -0.1) is 10.2 Å². The standard InChI is InChI=1S/2C13H11N3O2.Ni/c2*17-12-7-2-1-6-11(12)13(18)16-15-9-10-5-3-4-8-14-10;/h2*1-9,17H,(H,16,18);/q;;+2/p+2. The fraction of sp³-hybridized carbons (Fsp3) is 0. The van der Waals surface area contributed by atoms with Gasteiger partial charge in [0.25, 0.3) is 0 Å². The molecule has 0 spiro atoms. The van der Waals surface area contributed by atoms with E-state index in [4.69, 9.17) is 10.2 Å². The van der Waals surface area contributed by atoms with Gasteiger partial charge in [0.1, 0.15) is 22.6 Å². The van der Waals surface area contributed by atoms with Crippen molar-refractivity contribution in [1.29, 1.82) is 0 Å². The first-order valence-corrected chi connectivity index (χ1v) is 10.6. The number of pyridine rings is 2. The minimum absolute atomic E-state index is 0. The number of hydrogen-bond acceptors (Lipinski definition) is 8. The summed E-state index contributed by atoms with van der Waals surface area (Å²) in [5, 5.41) is 49.3. The summed E-state index contributed by atoms with van der Waals surface area (Å²) in [6.07, 6.45) is 6.20. The number of rotatable bonds is 6. The fourth-order valence-corrected chi connectivity index (χ4v) is 2.65. The number of phenols is 2. The largest absolute Gasteiger partial charge is 2.00 e. The molecule has 6 N–H and O–H groups in total. The van der Waals surface area contributed by atoms with Crippen LogP contribution in [0.5, 0.6) is 11.5 Å². The predicted molar refractivity (Wildman–Crippen MR) is 140 cm³/mol.